The maximum absolute atomic E-state index is 12.2. The molecular formula is C10H9F5N2O2. The van der Waals surface area contributed by atoms with E-state index in [4.69, 9.17) is 0 Å². The largest absolute Gasteiger partial charge is 0.464 e. The molecule has 0 saturated heterocycles. The van der Waals surface area contributed by atoms with Crippen molar-refractivity contribution in [2.45, 2.75) is 19.1 Å². The fourth-order valence-corrected chi connectivity index (χ4v) is 1.12. The second-order valence-corrected chi connectivity index (χ2v) is 3.40. The first-order valence-electron chi connectivity index (χ1n) is 5.06. The van der Waals surface area contributed by atoms with Gasteiger partial charge in [0.15, 0.2) is 5.69 Å². The zero-order valence-corrected chi connectivity index (χ0v) is 9.45. The number of carbonyl (C=O) groups excluding carboxylic acids is 1. The van der Waals surface area contributed by atoms with Crippen LogP contribution in [0.1, 0.15) is 12.1 Å². The number of alkyl halides is 3. The molecule has 0 aliphatic rings. The SMILES string of the molecule is O=C(Cn1ccc(C(F)(F)F)n1)OCCC=C(F)F. The number of esters is 1. The molecule has 0 bridgehead atoms. The summed E-state index contributed by atoms with van der Waals surface area (Å²) in [6.07, 6.45) is -5.09. The van der Waals surface area contributed by atoms with E-state index in [1.807, 2.05) is 0 Å². The second-order valence-electron chi connectivity index (χ2n) is 3.40. The molecule has 1 rings (SSSR count). The number of carbonyl (C=O) groups is 1. The lowest BCUT2D eigenvalue weighted by Crippen LogP contribution is -2.15. The molecule has 0 aromatic carbocycles. The van der Waals surface area contributed by atoms with E-state index in [9.17, 15) is 26.7 Å². The molecule has 0 spiro atoms. The van der Waals surface area contributed by atoms with Crippen LogP contribution >= 0.6 is 0 Å². The summed E-state index contributed by atoms with van der Waals surface area (Å²) in [5.74, 6) is -0.857. The zero-order chi connectivity index (χ0) is 14.5. The van der Waals surface area contributed by atoms with E-state index < -0.39 is 30.5 Å². The Kier molecular flexibility index (Phi) is 5.02. The average molecular weight is 284 g/mol. The molecule has 0 fully saturated rings. The molecule has 9 heteroatoms. The van der Waals surface area contributed by atoms with Gasteiger partial charge < -0.3 is 4.74 Å². The number of hydrogen-bond acceptors (Lipinski definition) is 3. The van der Waals surface area contributed by atoms with Gasteiger partial charge in [-0.3, -0.25) is 9.48 Å². The summed E-state index contributed by atoms with van der Waals surface area (Å²) in [5.41, 5.74) is -1.12. The predicted octanol–water partition coefficient (Wildman–Crippen LogP) is 2.62. The van der Waals surface area contributed by atoms with Gasteiger partial charge in [0.25, 0.3) is 6.08 Å². The lowest BCUT2D eigenvalue weighted by atomic mass is 10.4. The average Bonchev–Trinajstić information content (AvgIpc) is 2.72. The molecule has 0 radical (unpaired) electrons. The molecule has 1 aromatic heterocycles. The molecule has 4 nitrogen and oxygen atoms in total. The standard InChI is InChI=1S/C10H9F5N2O2/c11-8(12)2-1-5-19-9(18)6-17-4-3-7(16-17)10(13,14)15/h2-4H,1,5-6H2. The highest BCUT2D eigenvalue weighted by atomic mass is 19.4. The molecular weight excluding hydrogens is 275 g/mol. The van der Waals surface area contributed by atoms with Crippen LogP contribution in [0.2, 0.25) is 0 Å². The normalized spacial score (nSPS) is 11.2. The first kappa shape index (κ1) is 15.1. The van der Waals surface area contributed by atoms with E-state index in [1.54, 1.807) is 0 Å². The highest BCUT2D eigenvalue weighted by molar-refractivity contribution is 5.69. The van der Waals surface area contributed by atoms with Crippen molar-refractivity contribution in [1.29, 1.82) is 0 Å². The maximum Gasteiger partial charge on any atom is 0.435 e. The van der Waals surface area contributed by atoms with E-state index in [0.717, 1.165) is 10.9 Å². The van der Waals surface area contributed by atoms with E-state index in [0.29, 0.717) is 12.1 Å². The molecule has 0 atom stereocenters. The van der Waals surface area contributed by atoms with Crippen molar-refractivity contribution < 1.29 is 31.5 Å². The number of aromatic nitrogens is 2. The van der Waals surface area contributed by atoms with Gasteiger partial charge in [0.2, 0.25) is 0 Å². The summed E-state index contributed by atoms with van der Waals surface area (Å²) >= 11 is 0. The van der Waals surface area contributed by atoms with Crippen LogP contribution in [0.3, 0.4) is 0 Å². The number of rotatable bonds is 5. The highest BCUT2D eigenvalue weighted by Crippen LogP contribution is 2.27. The molecule has 0 N–H and O–H groups in total. The summed E-state index contributed by atoms with van der Waals surface area (Å²) in [5, 5.41) is 3.14. The molecule has 106 valence electrons. The molecule has 0 amide bonds. The van der Waals surface area contributed by atoms with E-state index in [-0.39, 0.29) is 13.0 Å². The van der Waals surface area contributed by atoms with E-state index in [2.05, 4.69) is 9.84 Å². The lowest BCUT2D eigenvalue weighted by Gasteiger charge is -2.04. The van der Waals surface area contributed by atoms with Crippen LogP contribution in [0.25, 0.3) is 0 Å². The topological polar surface area (TPSA) is 44.1 Å². The minimum absolute atomic E-state index is 0.166. The Morgan fingerprint density at radius 2 is 2.11 bits per heavy atom. The molecule has 1 aromatic rings. The summed E-state index contributed by atoms with van der Waals surface area (Å²) < 4.78 is 65.1. The van der Waals surface area contributed by atoms with Crippen molar-refractivity contribution in [1.82, 2.24) is 9.78 Å². The number of nitrogens with zero attached hydrogens (tertiary/aromatic N) is 2. The van der Waals surface area contributed by atoms with E-state index >= 15 is 0 Å². The highest BCUT2D eigenvalue weighted by Gasteiger charge is 2.33. The van der Waals surface area contributed by atoms with Crippen LogP contribution in [0.4, 0.5) is 22.0 Å². The number of hydrogen-bond donors (Lipinski definition) is 0. The molecule has 0 saturated carbocycles. The van der Waals surface area contributed by atoms with Gasteiger partial charge in [-0.1, -0.05) is 0 Å². The Bertz CT molecular complexity index is 463. The monoisotopic (exact) mass is 284 g/mol. The minimum Gasteiger partial charge on any atom is -0.464 e. The Morgan fingerprint density at radius 3 is 2.63 bits per heavy atom. The van der Waals surface area contributed by atoms with Gasteiger partial charge in [0.1, 0.15) is 6.54 Å². The third-order valence-electron chi connectivity index (χ3n) is 1.90. The van der Waals surface area contributed by atoms with Gasteiger partial charge >= 0.3 is 12.1 Å². The third kappa shape index (κ3) is 5.49. The third-order valence-corrected chi connectivity index (χ3v) is 1.90. The molecule has 0 aliphatic heterocycles. The smallest absolute Gasteiger partial charge is 0.435 e. The predicted molar refractivity (Wildman–Crippen MR) is 53.1 cm³/mol. The van der Waals surface area contributed by atoms with Gasteiger partial charge in [0.05, 0.1) is 6.61 Å². The number of ether oxygens (including phenoxy) is 1. The van der Waals surface area contributed by atoms with Crippen molar-refractivity contribution in [2.75, 3.05) is 6.61 Å². The van der Waals surface area contributed by atoms with Crippen molar-refractivity contribution in [3.8, 4) is 0 Å². The van der Waals surface area contributed by atoms with Gasteiger partial charge in [-0.25, -0.2) is 0 Å². The maximum atomic E-state index is 12.2. The Morgan fingerprint density at radius 1 is 1.42 bits per heavy atom. The molecule has 1 heterocycles. The van der Waals surface area contributed by atoms with Crippen molar-refractivity contribution in [3.63, 3.8) is 0 Å². The molecule has 0 unspecified atom stereocenters. The van der Waals surface area contributed by atoms with Crippen LogP contribution in [-0.2, 0) is 22.3 Å². The Labute approximate surface area is 104 Å². The van der Waals surface area contributed by atoms with E-state index in [1.165, 1.54) is 0 Å². The summed E-state index contributed by atoms with van der Waals surface area (Å²) in [7, 11) is 0. The van der Waals surface area contributed by atoms with Gasteiger partial charge in [-0.05, 0) is 12.1 Å². The Hall–Kier alpha value is -1.93. The molecule has 0 aliphatic carbocycles. The van der Waals surface area contributed by atoms with Crippen LogP contribution in [0, 0.1) is 0 Å². The number of halogens is 5. The van der Waals surface area contributed by atoms with Gasteiger partial charge in [-0.2, -0.15) is 27.1 Å². The van der Waals surface area contributed by atoms with Crippen molar-refractivity contribution in [2.24, 2.45) is 0 Å². The van der Waals surface area contributed by atoms with Crippen LogP contribution < -0.4 is 0 Å². The summed E-state index contributed by atoms with van der Waals surface area (Å²) in [6.45, 7) is -0.790. The van der Waals surface area contributed by atoms with Crippen molar-refractivity contribution in [3.05, 3.63) is 30.1 Å². The van der Waals surface area contributed by atoms with Gasteiger partial charge in [-0.15, -0.1) is 0 Å². The summed E-state index contributed by atoms with van der Waals surface area (Å²) in [6, 6.07) is 0.717. The van der Waals surface area contributed by atoms with Crippen LogP contribution in [0.5, 0.6) is 0 Å². The van der Waals surface area contributed by atoms with Gasteiger partial charge in [0, 0.05) is 12.6 Å². The first-order valence-corrected chi connectivity index (χ1v) is 5.06. The Balaban J connectivity index is 2.41. The summed E-state index contributed by atoms with van der Waals surface area (Å²) in [4.78, 5) is 11.1. The second kappa shape index (κ2) is 6.30. The quantitative estimate of drug-likeness (QED) is 0.474. The van der Waals surface area contributed by atoms with Crippen LogP contribution in [0.15, 0.2) is 24.4 Å². The van der Waals surface area contributed by atoms with Crippen molar-refractivity contribution >= 4 is 5.97 Å². The molecule has 19 heavy (non-hydrogen) atoms. The fourth-order valence-electron chi connectivity index (χ4n) is 1.12. The lowest BCUT2D eigenvalue weighted by molar-refractivity contribution is -0.146. The zero-order valence-electron chi connectivity index (χ0n) is 9.45. The fraction of sp³-hybridized carbons (Fsp3) is 0.400. The minimum atomic E-state index is -4.58. The van der Waals surface area contributed by atoms with Crippen LogP contribution in [-0.4, -0.2) is 22.4 Å². The first-order chi connectivity index (χ1) is 8.79.